The number of likely N-dealkylation sites (tertiary alicyclic amines) is 1. The Morgan fingerprint density at radius 1 is 1.14 bits per heavy atom. The molecule has 4 rings (SSSR count). The number of fused-ring (bicyclic) bond motifs is 1. The molecule has 1 saturated heterocycles. The van der Waals surface area contributed by atoms with Crippen LogP contribution in [0.15, 0.2) is 34.8 Å². The lowest BCUT2D eigenvalue weighted by atomic mass is 9.97. The van der Waals surface area contributed by atoms with E-state index in [2.05, 4.69) is 26.3 Å². The molecular weight excluding hydrogens is 437 g/mol. The van der Waals surface area contributed by atoms with Crippen molar-refractivity contribution in [1.82, 2.24) is 14.7 Å². The average molecular weight is 457 g/mol. The molecule has 0 radical (unpaired) electrons. The van der Waals surface area contributed by atoms with Crippen LogP contribution in [0.3, 0.4) is 0 Å². The minimum absolute atomic E-state index is 0.0649. The molecule has 0 bridgehead atoms. The Bertz CT molecular complexity index is 859. The molecule has 0 unspecified atom stereocenters. The van der Waals surface area contributed by atoms with E-state index in [-0.39, 0.29) is 23.8 Å². The molecule has 2 aliphatic heterocycles. The summed E-state index contributed by atoms with van der Waals surface area (Å²) in [5, 5.41) is 7.18. The number of piperidine rings is 1. The van der Waals surface area contributed by atoms with Crippen molar-refractivity contribution in [2.45, 2.75) is 43.9 Å². The monoisotopic (exact) mass is 456 g/mol. The molecule has 0 aliphatic carbocycles. The van der Waals surface area contributed by atoms with Gasteiger partial charge in [-0.2, -0.15) is 18.3 Å². The number of carbonyl (C=O) groups is 1. The minimum atomic E-state index is -4.46. The summed E-state index contributed by atoms with van der Waals surface area (Å²) in [5.74, 6) is -0.0774. The van der Waals surface area contributed by atoms with Gasteiger partial charge < -0.3 is 10.2 Å². The van der Waals surface area contributed by atoms with Crippen molar-refractivity contribution in [2.24, 2.45) is 0 Å². The smallest absolute Gasteiger partial charge is 0.363 e. The fourth-order valence-electron chi connectivity index (χ4n) is 3.85. The minimum Gasteiger partial charge on any atom is -0.363 e. The van der Waals surface area contributed by atoms with Crippen LogP contribution in [-0.4, -0.2) is 39.9 Å². The highest BCUT2D eigenvalue weighted by Gasteiger charge is 2.47. The lowest BCUT2D eigenvalue weighted by Crippen LogP contribution is -2.37. The lowest BCUT2D eigenvalue weighted by molar-refractivity contribution is -0.173. The zero-order valence-electron chi connectivity index (χ0n) is 15.0. The summed E-state index contributed by atoms with van der Waals surface area (Å²) in [6.45, 7) is 1.25. The Morgan fingerprint density at radius 3 is 2.46 bits per heavy atom. The van der Waals surface area contributed by atoms with Gasteiger partial charge in [-0.25, -0.2) is 4.68 Å². The maximum atomic E-state index is 13.7. The predicted octanol–water partition coefficient (Wildman–Crippen LogP) is 4.93. The largest absolute Gasteiger partial charge is 0.410 e. The molecule has 2 aliphatic rings. The maximum absolute atomic E-state index is 13.7. The lowest BCUT2D eigenvalue weighted by Gasteiger charge is -2.33. The third-order valence-electron chi connectivity index (χ3n) is 5.32. The topological polar surface area (TPSA) is 50.2 Å². The zero-order valence-corrected chi connectivity index (χ0v) is 16.6. The van der Waals surface area contributed by atoms with E-state index in [9.17, 15) is 18.0 Å². The highest BCUT2D eigenvalue weighted by atomic mass is 79.9. The van der Waals surface area contributed by atoms with Crippen LogP contribution in [-0.2, 0) is 0 Å². The summed E-state index contributed by atoms with van der Waals surface area (Å²) in [6, 6.07) is 6.35. The van der Waals surface area contributed by atoms with Crippen LogP contribution in [0.4, 0.5) is 19.0 Å². The van der Waals surface area contributed by atoms with Crippen LogP contribution in [0, 0.1) is 0 Å². The summed E-state index contributed by atoms with van der Waals surface area (Å²) in [4.78, 5) is 14.4. The van der Waals surface area contributed by atoms with Crippen LogP contribution in [0.1, 0.15) is 53.8 Å². The number of hydrogen-bond acceptors (Lipinski definition) is 3. The van der Waals surface area contributed by atoms with Gasteiger partial charge in [0.1, 0.15) is 5.82 Å². The second-order valence-corrected chi connectivity index (χ2v) is 8.17. The van der Waals surface area contributed by atoms with Gasteiger partial charge in [0.15, 0.2) is 11.7 Å². The van der Waals surface area contributed by atoms with Crippen molar-refractivity contribution in [1.29, 1.82) is 0 Å². The van der Waals surface area contributed by atoms with Crippen molar-refractivity contribution in [3.63, 3.8) is 0 Å². The zero-order chi connectivity index (χ0) is 19.9. The van der Waals surface area contributed by atoms with E-state index in [1.165, 1.54) is 6.07 Å². The van der Waals surface area contributed by atoms with Gasteiger partial charge >= 0.3 is 6.18 Å². The van der Waals surface area contributed by atoms with Crippen molar-refractivity contribution in [3.8, 4) is 0 Å². The average Bonchev–Trinajstić information content (AvgIpc) is 3.11. The van der Waals surface area contributed by atoms with E-state index >= 15 is 0 Å². The van der Waals surface area contributed by atoms with E-state index in [0.717, 1.165) is 34.0 Å². The van der Waals surface area contributed by atoms with E-state index in [0.29, 0.717) is 13.1 Å². The van der Waals surface area contributed by atoms with Crippen LogP contribution in [0.5, 0.6) is 0 Å². The number of nitrogens with one attached hydrogen (secondary N) is 1. The van der Waals surface area contributed by atoms with Gasteiger partial charge in [-0.15, -0.1) is 0 Å². The molecule has 3 heterocycles. The molecule has 1 aromatic heterocycles. The summed E-state index contributed by atoms with van der Waals surface area (Å²) in [5.41, 5.74) is 0.823. The number of amides is 1. The van der Waals surface area contributed by atoms with Gasteiger partial charge in [-0.05, 0) is 37.0 Å². The number of alkyl halides is 3. The van der Waals surface area contributed by atoms with Gasteiger partial charge in [0.2, 0.25) is 0 Å². The van der Waals surface area contributed by atoms with Crippen molar-refractivity contribution >= 4 is 27.7 Å². The Labute approximate surface area is 169 Å². The molecule has 1 fully saturated rings. The molecule has 0 spiro atoms. The van der Waals surface area contributed by atoms with Crippen LogP contribution >= 0.6 is 15.9 Å². The fraction of sp³-hybridized carbons (Fsp3) is 0.474. The number of halogens is 4. The van der Waals surface area contributed by atoms with Crippen molar-refractivity contribution in [2.75, 3.05) is 18.4 Å². The van der Waals surface area contributed by atoms with E-state index in [1.807, 2.05) is 0 Å². The van der Waals surface area contributed by atoms with Crippen molar-refractivity contribution < 1.29 is 18.0 Å². The third-order valence-corrected chi connectivity index (χ3v) is 5.85. The van der Waals surface area contributed by atoms with Gasteiger partial charge in [0, 0.05) is 30.0 Å². The Hall–Kier alpha value is -2.03. The fourth-order valence-corrected chi connectivity index (χ4v) is 4.11. The van der Waals surface area contributed by atoms with Gasteiger partial charge in [0.25, 0.3) is 5.91 Å². The molecule has 2 aromatic rings. The molecule has 1 N–H and O–H groups in total. The number of rotatable bonds is 2. The predicted molar refractivity (Wildman–Crippen MR) is 102 cm³/mol. The maximum Gasteiger partial charge on any atom is 0.410 e. The summed E-state index contributed by atoms with van der Waals surface area (Å²) in [6.07, 6.45) is -1.75. The molecule has 0 saturated carbocycles. The first-order chi connectivity index (χ1) is 13.3. The van der Waals surface area contributed by atoms with E-state index in [4.69, 9.17) is 0 Å². The van der Waals surface area contributed by atoms with Crippen LogP contribution in [0.25, 0.3) is 0 Å². The number of carbonyl (C=O) groups excluding carboxylic acids is 1. The molecule has 1 aromatic carbocycles. The second-order valence-electron chi connectivity index (χ2n) is 7.25. The van der Waals surface area contributed by atoms with Gasteiger partial charge in [-0.3, -0.25) is 4.79 Å². The molecule has 2 atom stereocenters. The van der Waals surface area contributed by atoms with Crippen LogP contribution < -0.4 is 5.32 Å². The first kappa shape index (κ1) is 19.3. The number of hydrogen-bond donors (Lipinski definition) is 1. The molecule has 1 amide bonds. The Balaban J connectivity index is 1.65. The van der Waals surface area contributed by atoms with Gasteiger partial charge in [-0.1, -0.05) is 28.1 Å². The Kier molecular flexibility index (Phi) is 5.11. The first-order valence-corrected chi connectivity index (χ1v) is 10.1. The summed E-state index contributed by atoms with van der Waals surface area (Å²) in [7, 11) is 0. The molecule has 28 heavy (non-hydrogen) atoms. The van der Waals surface area contributed by atoms with Gasteiger partial charge in [0.05, 0.1) is 6.04 Å². The summed E-state index contributed by atoms with van der Waals surface area (Å²) >= 11 is 3.34. The molecule has 150 valence electrons. The highest BCUT2D eigenvalue weighted by Crippen LogP contribution is 2.43. The SMILES string of the molecule is O=C(c1cc2n(n1)[C@H](C(F)(F)F)C[C@H](c1ccc(Br)cc1)N2)N1CCCCC1. The van der Waals surface area contributed by atoms with Crippen molar-refractivity contribution in [3.05, 3.63) is 46.1 Å². The third kappa shape index (κ3) is 3.76. The Morgan fingerprint density at radius 2 is 1.82 bits per heavy atom. The first-order valence-electron chi connectivity index (χ1n) is 9.30. The normalized spacial score (nSPS) is 22.5. The number of anilines is 1. The van der Waals surface area contributed by atoms with E-state index < -0.39 is 18.3 Å². The summed E-state index contributed by atoms with van der Waals surface area (Å²) < 4.78 is 43.0. The van der Waals surface area contributed by atoms with Crippen LogP contribution in [0.2, 0.25) is 0 Å². The quantitative estimate of drug-likeness (QED) is 0.696. The second kappa shape index (κ2) is 7.42. The highest BCUT2D eigenvalue weighted by molar-refractivity contribution is 9.10. The number of aromatic nitrogens is 2. The van der Waals surface area contributed by atoms with E-state index in [1.54, 1.807) is 29.2 Å². The number of benzene rings is 1. The number of nitrogens with zero attached hydrogens (tertiary/aromatic N) is 3. The molecule has 5 nitrogen and oxygen atoms in total. The standard InChI is InChI=1S/C19H20BrF3N4O/c20-13-6-4-12(5-7-13)14-10-16(19(21,22)23)27-17(24-14)11-15(25-27)18(28)26-8-2-1-3-9-26/h4-7,11,14,16,24H,1-3,8-10H2/t14-,16+/m1/s1. The molecular formula is C19H20BrF3N4O. The molecule has 9 heteroatoms.